The Morgan fingerprint density at radius 2 is 2.00 bits per heavy atom. The van der Waals surface area contributed by atoms with Crippen molar-refractivity contribution in [3.63, 3.8) is 0 Å². The monoisotopic (exact) mass is 415 g/mol. The summed E-state index contributed by atoms with van der Waals surface area (Å²) in [6.45, 7) is 3.46. The average Bonchev–Trinajstić information content (AvgIpc) is 3.21. The number of nitrogens with zero attached hydrogens (tertiary/aromatic N) is 5. The minimum Gasteiger partial charge on any atom is -0.382 e. The van der Waals surface area contributed by atoms with Gasteiger partial charge >= 0.3 is 0 Å². The van der Waals surface area contributed by atoms with Crippen molar-refractivity contribution in [2.24, 2.45) is 0 Å². The number of rotatable bonds is 7. The summed E-state index contributed by atoms with van der Waals surface area (Å²) in [6, 6.07) is 7.76. The van der Waals surface area contributed by atoms with E-state index in [1.807, 2.05) is 24.3 Å². The first-order valence-corrected chi connectivity index (χ1v) is 9.83. The Morgan fingerprint density at radius 3 is 2.77 bits per heavy atom. The topological polar surface area (TPSA) is 122 Å². The van der Waals surface area contributed by atoms with Gasteiger partial charge in [-0.3, -0.25) is 4.79 Å². The van der Waals surface area contributed by atoms with Crippen LogP contribution in [0.5, 0.6) is 0 Å². The van der Waals surface area contributed by atoms with Gasteiger partial charge in [0, 0.05) is 36.1 Å². The number of para-hydroxylation sites is 2. The van der Waals surface area contributed by atoms with Gasteiger partial charge in [-0.05, 0) is 12.1 Å². The molecule has 162 valence electrons. The summed E-state index contributed by atoms with van der Waals surface area (Å²) in [5.74, 6) is 1.60. The van der Waals surface area contributed by atoms with E-state index < -0.39 is 0 Å². The van der Waals surface area contributed by atoms with E-state index in [0.29, 0.717) is 62.5 Å². The lowest BCUT2D eigenvalue weighted by Crippen LogP contribution is -2.50. The third kappa shape index (κ3) is 4.34. The maximum absolute atomic E-state index is 12.3. The summed E-state index contributed by atoms with van der Waals surface area (Å²) in [7, 11) is 1.60. The van der Waals surface area contributed by atoms with Crippen LogP contribution in [0.25, 0.3) is 22.6 Å². The highest BCUT2D eigenvalue weighted by Crippen LogP contribution is 2.25. The van der Waals surface area contributed by atoms with E-state index in [1.165, 1.54) is 0 Å². The van der Waals surface area contributed by atoms with Crippen LogP contribution < -0.4 is 10.6 Å². The molecule has 1 aliphatic rings. The highest BCUT2D eigenvalue weighted by atomic mass is 16.5. The molecule has 1 aromatic carbocycles. The molecule has 1 aliphatic heterocycles. The first-order valence-electron chi connectivity index (χ1n) is 9.83. The van der Waals surface area contributed by atoms with Crippen molar-refractivity contribution in [2.45, 2.75) is 0 Å². The number of imidazole rings is 1. The van der Waals surface area contributed by atoms with Crippen LogP contribution in [0.4, 0.5) is 11.6 Å². The number of hydrogen-bond acceptors (Lipinski definition) is 8. The Morgan fingerprint density at radius 1 is 1.20 bits per heavy atom. The third-order valence-electron chi connectivity index (χ3n) is 5.02. The summed E-state index contributed by atoms with van der Waals surface area (Å²) >= 11 is 0. The Labute approximate surface area is 177 Å². The number of H-pyrrole nitrogens is 1. The zero-order chi connectivity index (χ0) is 20.9. The Hall–Kier alpha value is -3.24. The minimum atomic E-state index is -0.0166. The lowest BCUT2D eigenvalue weighted by molar-refractivity contribution is -0.136. The fourth-order valence-corrected chi connectivity index (χ4v) is 3.36. The van der Waals surface area contributed by atoms with Crippen LogP contribution in [-0.2, 0) is 14.3 Å². The number of nitrogen functional groups attached to an aromatic ring is 1. The van der Waals surface area contributed by atoms with Gasteiger partial charge in [-0.25, -0.2) is 15.0 Å². The maximum atomic E-state index is 12.3. The number of anilines is 2. The van der Waals surface area contributed by atoms with E-state index in [9.17, 15) is 4.79 Å². The molecule has 3 aromatic rings. The molecule has 10 heteroatoms. The number of fused-ring (bicyclic) bond motifs is 1. The summed E-state index contributed by atoms with van der Waals surface area (Å²) < 4.78 is 10.2. The fourth-order valence-electron chi connectivity index (χ4n) is 3.36. The van der Waals surface area contributed by atoms with Crippen molar-refractivity contribution in [3.8, 4) is 11.5 Å². The van der Waals surface area contributed by atoms with Crippen LogP contribution in [0, 0.1) is 0 Å². The molecule has 30 heavy (non-hydrogen) atoms. The average molecular weight is 415 g/mol. The number of benzene rings is 1. The summed E-state index contributed by atoms with van der Waals surface area (Å²) in [4.78, 5) is 33.0. The summed E-state index contributed by atoms with van der Waals surface area (Å²) in [5.41, 5.74) is 8.36. The minimum absolute atomic E-state index is 0. The second kappa shape index (κ2) is 9.06. The molecular weight excluding hydrogens is 386 g/mol. The van der Waals surface area contributed by atoms with Gasteiger partial charge in [0.15, 0.2) is 17.3 Å². The van der Waals surface area contributed by atoms with Crippen LogP contribution in [0.2, 0.25) is 0 Å². The molecule has 0 atom stereocenters. The quantitative estimate of drug-likeness (QED) is 0.555. The fraction of sp³-hybridized carbons (Fsp3) is 0.400. The van der Waals surface area contributed by atoms with Gasteiger partial charge < -0.3 is 30.0 Å². The van der Waals surface area contributed by atoms with Crippen LogP contribution in [0.3, 0.4) is 0 Å². The van der Waals surface area contributed by atoms with Gasteiger partial charge in [0.05, 0.1) is 30.4 Å². The number of nitrogens with two attached hydrogens (primary N) is 1. The third-order valence-corrected chi connectivity index (χ3v) is 5.02. The number of aromatic nitrogens is 4. The lowest BCUT2D eigenvalue weighted by Gasteiger charge is -2.35. The molecule has 10 nitrogen and oxygen atoms in total. The zero-order valence-electron chi connectivity index (χ0n) is 16.9. The van der Waals surface area contributed by atoms with Crippen molar-refractivity contribution in [1.29, 1.82) is 0 Å². The zero-order valence-corrected chi connectivity index (χ0v) is 16.9. The molecule has 0 radical (unpaired) electrons. The molecule has 1 amide bonds. The molecule has 1 fully saturated rings. The van der Waals surface area contributed by atoms with E-state index in [0.717, 1.165) is 11.0 Å². The van der Waals surface area contributed by atoms with E-state index >= 15 is 0 Å². The van der Waals surface area contributed by atoms with Crippen molar-refractivity contribution >= 4 is 28.6 Å². The van der Waals surface area contributed by atoms with Crippen molar-refractivity contribution in [3.05, 3.63) is 30.5 Å². The SMILES string of the molecule is COCCOCC(=O)N1CCN(c2cnc(N)c(-c3nc4ccccc4[nH]3)n2)CC1.[HH].[HH]. The molecule has 0 saturated carbocycles. The van der Waals surface area contributed by atoms with Crippen LogP contribution in [0.1, 0.15) is 2.85 Å². The number of ether oxygens (including phenoxy) is 2. The smallest absolute Gasteiger partial charge is 0.248 e. The highest BCUT2D eigenvalue weighted by Gasteiger charge is 2.23. The molecule has 3 heterocycles. The number of aromatic amines is 1. The Bertz CT molecular complexity index is 992. The number of nitrogens with one attached hydrogen (secondary N) is 1. The number of amides is 1. The molecule has 0 unspecified atom stereocenters. The van der Waals surface area contributed by atoms with Gasteiger partial charge in [0.25, 0.3) is 0 Å². The number of hydrogen-bond donors (Lipinski definition) is 2. The van der Waals surface area contributed by atoms with Gasteiger partial charge in [-0.15, -0.1) is 0 Å². The normalized spacial score (nSPS) is 14.4. The molecule has 2 aromatic heterocycles. The van der Waals surface area contributed by atoms with Gasteiger partial charge in [0.2, 0.25) is 5.91 Å². The predicted molar refractivity (Wildman–Crippen MR) is 117 cm³/mol. The molecule has 0 aliphatic carbocycles. The Kier molecular flexibility index (Phi) is 6.05. The van der Waals surface area contributed by atoms with E-state index in [2.05, 4.69) is 19.9 Å². The van der Waals surface area contributed by atoms with Crippen molar-refractivity contribution in [2.75, 3.05) is 63.7 Å². The van der Waals surface area contributed by atoms with Gasteiger partial charge in [-0.2, -0.15) is 0 Å². The molecule has 1 saturated heterocycles. The maximum Gasteiger partial charge on any atom is 0.248 e. The number of methoxy groups -OCH3 is 1. The van der Waals surface area contributed by atoms with Crippen molar-refractivity contribution < 1.29 is 17.1 Å². The van der Waals surface area contributed by atoms with Crippen LogP contribution >= 0.6 is 0 Å². The molecular formula is C20H29N7O3. The van der Waals surface area contributed by atoms with Crippen LogP contribution in [-0.4, -0.2) is 83.9 Å². The number of piperazine rings is 1. The van der Waals surface area contributed by atoms with Gasteiger partial charge in [0.1, 0.15) is 12.4 Å². The largest absolute Gasteiger partial charge is 0.382 e. The molecule has 0 spiro atoms. The van der Waals surface area contributed by atoms with Crippen LogP contribution in [0.15, 0.2) is 30.5 Å². The Balaban J connectivity index is 0.00000181. The molecule has 0 bridgehead atoms. The lowest BCUT2D eigenvalue weighted by atomic mass is 10.3. The van der Waals surface area contributed by atoms with Gasteiger partial charge in [-0.1, -0.05) is 12.1 Å². The van der Waals surface area contributed by atoms with E-state index in [1.54, 1.807) is 18.2 Å². The number of carbonyl (C=O) groups excluding carboxylic acids is 1. The predicted octanol–water partition coefficient (Wildman–Crippen LogP) is 1.41. The highest BCUT2D eigenvalue weighted by molar-refractivity contribution is 5.80. The van der Waals surface area contributed by atoms with Crippen molar-refractivity contribution in [1.82, 2.24) is 24.8 Å². The van der Waals surface area contributed by atoms with E-state index in [4.69, 9.17) is 20.2 Å². The first kappa shape index (κ1) is 20.0. The summed E-state index contributed by atoms with van der Waals surface area (Å²) in [5, 5.41) is 0. The standard InChI is InChI=1S/C20H25N7O3.2H2/c1-29-10-11-30-13-17(28)27-8-6-26(7-9-27)16-12-22-19(21)18(25-16)20-23-14-4-2-3-5-15(14)24-20;;/h2-5,12H,6-11,13H2,1H3,(H2,21,22)(H,23,24);2*1H. The molecule has 4 rings (SSSR count). The second-order valence-corrected chi connectivity index (χ2v) is 6.98. The number of carbonyl (C=O) groups is 1. The van der Waals surface area contributed by atoms with E-state index in [-0.39, 0.29) is 15.4 Å². The molecule has 3 N–H and O–H groups in total. The second-order valence-electron chi connectivity index (χ2n) is 6.98. The first-order chi connectivity index (χ1) is 14.7. The summed E-state index contributed by atoms with van der Waals surface area (Å²) in [6.07, 6.45) is 1.66.